The van der Waals surface area contributed by atoms with Crippen LogP contribution in [0.5, 0.6) is 17.2 Å². The third-order valence-electron chi connectivity index (χ3n) is 3.63. The van der Waals surface area contributed by atoms with Crippen LogP contribution in [0.4, 0.5) is 5.69 Å². The molecule has 10 heteroatoms. The molecular formula is C18H15N3O7. The van der Waals surface area contributed by atoms with Gasteiger partial charge in [-0.05, 0) is 37.6 Å². The maximum Gasteiger partial charge on any atom is 0.397 e. The van der Waals surface area contributed by atoms with E-state index in [1.54, 1.807) is 26.0 Å². The number of aromatic hydroxyl groups is 1. The van der Waals surface area contributed by atoms with Crippen LogP contribution in [0.3, 0.4) is 0 Å². The lowest BCUT2D eigenvalue weighted by molar-refractivity contribution is -0.384. The first-order chi connectivity index (χ1) is 13.4. The molecule has 3 aromatic rings. The Morgan fingerprint density at radius 1 is 1.25 bits per heavy atom. The van der Waals surface area contributed by atoms with Crippen molar-refractivity contribution in [3.63, 3.8) is 0 Å². The highest BCUT2D eigenvalue weighted by molar-refractivity contribution is 5.84. The van der Waals surface area contributed by atoms with E-state index in [9.17, 15) is 20.0 Å². The average molecular weight is 385 g/mol. The van der Waals surface area contributed by atoms with Gasteiger partial charge in [0.1, 0.15) is 5.75 Å². The van der Waals surface area contributed by atoms with Crippen molar-refractivity contribution in [1.29, 1.82) is 0 Å². The van der Waals surface area contributed by atoms with Crippen LogP contribution in [0.1, 0.15) is 23.2 Å². The summed E-state index contributed by atoms with van der Waals surface area (Å²) in [7, 11) is 0. The Bertz CT molecular complexity index is 1050. The lowest BCUT2D eigenvalue weighted by Gasteiger charge is -2.10. The van der Waals surface area contributed by atoms with E-state index in [4.69, 9.17) is 14.0 Å². The fourth-order valence-corrected chi connectivity index (χ4v) is 2.34. The normalized spacial score (nSPS) is 10.5. The Hall–Kier alpha value is -3.95. The molecule has 0 amide bonds. The molecule has 0 atom stereocenters. The highest BCUT2D eigenvalue weighted by Gasteiger charge is 2.22. The molecule has 0 saturated carbocycles. The van der Waals surface area contributed by atoms with Gasteiger partial charge in [0.25, 0.3) is 5.69 Å². The van der Waals surface area contributed by atoms with E-state index >= 15 is 0 Å². The number of esters is 1. The minimum Gasteiger partial charge on any atom is -0.504 e. The molecule has 1 aromatic heterocycles. The summed E-state index contributed by atoms with van der Waals surface area (Å²) >= 11 is 0. The number of phenols is 1. The molecule has 0 spiro atoms. The number of nitrogens with zero attached hydrogens (tertiary/aromatic N) is 3. The van der Waals surface area contributed by atoms with Gasteiger partial charge in [0, 0.05) is 12.1 Å². The zero-order valence-electron chi connectivity index (χ0n) is 14.9. The topological polar surface area (TPSA) is 138 Å². The van der Waals surface area contributed by atoms with E-state index < -0.39 is 16.8 Å². The number of nitro benzene ring substituents is 1. The number of hydrogen-bond acceptors (Lipinski definition) is 9. The summed E-state index contributed by atoms with van der Waals surface area (Å²) in [5.41, 5.74) is 0.692. The van der Waals surface area contributed by atoms with Crippen LogP contribution < -0.4 is 4.74 Å². The van der Waals surface area contributed by atoms with Crippen LogP contribution in [0, 0.1) is 17.0 Å². The van der Waals surface area contributed by atoms with Gasteiger partial charge in [-0.1, -0.05) is 11.2 Å². The van der Waals surface area contributed by atoms with Crippen molar-refractivity contribution in [2.24, 2.45) is 0 Å². The summed E-state index contributed by atoms with van der Waals surface area (Å²) in [6.45, 7) is 3.54. The Morgan fingerprint density at radius 2 is 2.00 bits per heavy atom. The highest BCUT2D eigenvalue weighted by atomic mass is 16.6. The quantitative estimate of drug-likeness (QED) is 0.383. The van der Waals surface area contributed by atoms with E-state index in [0.717, 1.165) is 5.56 Å². The van der Waals surface area contributed by atoms with E-state index in [-0.39, 0.29) is 40.9 Å². The van der Waals surface area contributed by atoms with Crippen LogP contribution in [0.2, 0.25) is 0 Å². The van der Waals surface area contributed by atoms with Crippen LogP contribution in [0.15, 0.2) is 40.9 Å². The molecule has 0 saturated heterocycles. The summed E-state index contributed by atoms with van der Waals surface area (Å²) < 4.78 is 15.3. The predicted molar refractivity (Wildman–Crippen MR) is 95.3 cm³/mol. The fraction of sp³-hybridized carbons (Fsp3) is 0.167. The molecule has 28 heavy (non-hydrogen) atoms. The van der Waals surface area contributed by atoms with Gasteiger partial charge in [-0.15, -0.1) is 0 Å². The van der Waals surface area contributed by atoms with Crippen LogP contribution in [0.25, 0.3) is 11.4 Å². The van der Waals surface area contributed by atoms with Gasteiger partial charge in [0.15, 0.2) is 11.5 Å². The third kappa shape index (κ3) is 3.90. The van der Waals surface area contributed by atoms with Gasteiger partial charge in [-0.2, -0.15) is 4.98 Å². The maximum absolute atomic E-state index is 11.7. The van der Waals surface area contributed by atoms with Crippen LogP contribution in [-0.2, 0) is 4.74 Å². The first kappa shape index (κ1) is 18.8. The highest BCUT2D eigenvalue weighted by Crippen LogP contribution is 2.38. The predicted octanol–water partition coefficient (Wildman–Crippen LogP) is 3.63. The lowest BCUT2D eigenvalue weighted by atomic mass is 10.1. The maximum atomic E-state index is 11.7. The van der Waals surface area contributed by atoms with Gasteiger partial charge in [0.05, 0.1) is 17.1 Å². The van der Waals surface area contributed by atoms with Crippen molar-refractivity contribution in [1.82, 2.24) is 10.1 Å². The molecule has 0 unspecified atom stereocenters. The summed E-state index contributed by atoms with van der Waals surface area (Å²) in [4.78, 5) is 26.2. The molecule has 144 valence electrons. The Kier molecular flexibility index (Phi) is 5.21. The average Bonchev–Trinajstić information content (AvgIpc) is 3.14. The molecule has 0 aliphatic heterocycles. The SMILES string of the molecule is CCOC(=O)c1nc(-c2cc([N+](=O)[O-])ccc2Oc2ccc(C)cc2O)no1. The Balaban J connectivity index is 2.04. The van der Waals surface area contributed by atoms with Crippen molar-refractivity contribution >= 4 is 11.7 Å². The number of carbonyl (C=O) groups excluding carboxylic acids is 1. The molecule has 0 aliphatic rings. The minimum absolute atomic E-state index is 0.103. The summed E-state index contributed by atoms with van der Waals surface area (Å²) in [5, 5.41) is 24.9. The molecule has 1 N–H and O–H groups in total. The number of nitro groups is 1. The van der Waals surface area contributed by atoms with Gasteiger partial charge in [-0.25, -0.2) is 4.79 Å². The second-order valence-corrected chi connectivity index (χ2v) is 5.65. The molecule has 2 aromatic carbocycles. The van der Waals surface area contributed by atoms with Crippen molar-refractivity contribution < 1.29 is 28.8 Å². The van der Waals surface area contributed by atoms with Crippen LogP contribution in [-0.4, -0.2) is 32.7 Å². The molecule has 1 heterocycles. The van der Waals surface area contributed by atoms with Crippen molar-refractivity contribution in [2.45, 2.75) is 13.8 Å². The molecule has 0 radical (unpaired) electrons. The fourth-order valence-electron chi connectivity index (χ4n) is 2.34. The zero-order chi connectivity index (χ0) is 20.3. The summed E-state index contributed by atoms with van der Waals surface area (Å²) in [6, 6.07) is 8.54. The monoisotopic (exact) mass is 385 g/mol. The van der Waals surface area contributed by atoms with E-state index in [2.05, 4.69) is 10.1 Å². The summed E-state index contributed by atoms with van der Waals surface area (Å²) in [6.07, 6.45) is 0. The molecule has 0 bridgehead atoms. The van der Waals surface area contributed by atoms with Gasteiger partial charge in [-0.3, -0.25) is 10.1 Å². The largest absolute Gasteiger partial charge is 0.504 e. The summed E-state index contributed by atoms with van der Waals surface area (Å²) in [5.74, 6) is -1.16. The lowest BCUT2D eigenvalue weighted by Crippen LogP contribution is -2.04. The number of hydrogen-bond donors (Lipinski definition) is 1. The number of non-ortho nitro benzene ring substituents is 1. The van der Waals surface area contributed by atoms with E-state index in [0.29, 0.717) is 0 Å². The van der Waals surface area contributed by atoms with E-state index in [1.807, 2.05) is 0 Å². The molecule has 3 rings (SSSR count). The first-order valence-electron chi connectivity index (χ1n) is 8.16. The smallest absolute Gasteiger partial charge is 0.397 e. The number of aromatic nitrogens is 2. The van der Waals surface area contributed by atoms with Gasteiger partial charge >= 0.3 is 11.9 Å². The van der Waals surface area contributed by atoms with Gasteiger partial charge in [0.2, 0.25) is 5.82 Å². The number of ether oxygens (including phenoxy) is 2. The Morgan fingerprint density at radius 3 is 2.68 bits per heavy atom. The number of carbonyl (C=O) groups is 1. The molecule has 0 fully saturated rings. The standard InChI is InChI=1S/C18H15N3O7/c1-3-26-18(23)17-19-16(20-28-17)12-9-11(21(24)25)5-7-14(12)27-15-6-4-10(2)8-13(15)22/h4-9,22H,3H2,1-2H3. The Labute approximate surface area is 158 Å². The van der Waals surface area contributed by atoms with Crippen molar-refractivity contribution in [3.8, 4) is 28.6 Å². The molecule has 10 nitrogen and oxygen atoms in total. The number of aryl methyl sites for hydroxylation is 1. The third-order valence-corrected chi connectivity index (χ3v) is 3.63. The number of phenolic OH excluding ortho intramolecular Hbond substituents is 1. The van der Waals surface area contributed by atoms with Crippen molar-refractivity contribution in [3.05, 3.63) is 58.0 Å². The van der Waals surface area contributed by atoms with Crippen LogP contribution >= 0.6 is 0 Å². The minimum atomic E-state index is -0.815. The second-order valence-electron chi connectivity index (χ2n) is 5.65. The van der Waals surface area contributed by atoms with Crippen molar-refractivity contribution in [2.75, 3.05) is 6.61 Å². The number of benzene rings is 2. The van der Waals surface area contributed by atoms with Gasteiger partial charge < -0.3 is 19.1 Å². The molecular weight excluding hydrogens is 370 g/mol. The zero-order valence-corrected chi connectivity index (χ0v) is 14.9. The first-order valence-corrected chi connectivity index (χ1v) is 8.16. The molecule has 0 aliphatic carbocycles. The number of rotatable bonds is 6. The van der Waals surface area contributed by atoms with E-state index in [1.165, 1.54) is 24.3 Å². The second kappa shape index (κ2) is 7.74.